The van der Waals surface area contributed by atoms with Crippen LogP contribution < -0.4 is 5.73 Å². The van der Waals surface area contributed by atoms with Gasteiger partial charge >= 0.3 is 0 Å². The van der Waals surface area contributed by atoms with E-state index in [-0.39, 0.29) is 17.3 Å². The Hall–Kier alpha value is -3.14. The van der Waals surface area contributed by atoms with Crippen LogP contribution in [-0.4, -0.2) is 46.4 Å². The monoisotopic (exact) mass is 428 g/mol. The first kappa shape index (κ1) is 20.1. The van der Waals surface area contributed by atoms with Crippen LogP contribution in [0.5, 0.6) is 0 Å². The van der Waals surface area contributed by atoms with Crippen LogP contribution in [0.4, 0.5) is 4.39 Å². The standard InChI is InChI=1S/C20H21FN6O2S/c1-12-10-24-18-16(25-12)6-7-23-17(18)9-13-4-5-15(21)14(8-13)20(2)11-30(28,29)27(3)19(22)26-20/h4-8,10H,9,11H2,1-3H3,(H2,22,26)/t20-/m0/s1. The smallest absolute Gasteiger partial charge is 0.239 e. The van der Waals surface area contributed by atoms with Crippen molar-refractivity contribution in [2.24, 2.45) is 10.7 Å². The number of pyridine rings is 1. The molecule has 0 saturated heterocycles. The van der Waals surface area contributed by atoms with Gasteiger partial charge in [-0.2, -0.15) is 0 Å². The van der Waals surface area contributed by atoms with E-state index in [2.05, 4.69) is 19.9 Å². The molecule has 8 nitrogen and oxygen atoms in total. The second-order valence-electron chi connectivity index (χ2n) is 7.60. The Morgan fingerprint density at radius 1 is 1.27 bits per heavy atom. The summed E-state index contributed by atoms with van der Waals surface area (Å²) in [4.78, 5) is 17.6. The van der Waals surface area contributed by atoms with Gasteiger partial charge in [0.1, 0.15) is 16.9 Å². The second kappa shape index (κ2) is 6.98. The lowest BCUT2D eigenvalue weighted by Crippen LogP contribution is -2.50. The minimum absolute atomic E-state index is 0.168. The SMILES string of the molecule is Cc1cnc2c(Cc3ccc(F)c([C@]4(C)CS(=O)(=O)N(C)C(N)=N4)c3)nccc2n1. The number of benzene rings is 1. The maximum absolute atomic E-state index is 14.8. The molecule has 1 aliphatic heterocycles. The fourth-order valence-corrected chi connectivity index (χ4v) is 5.05. The highest BCUT2D eigenvalue weighted by molar-refractivity contribution is 7.89. The van der Waals surface area contributed by atoms with Gasteiger partial charge < -0.3 is 5.73 Å². The number of nitrogens with zero attached hydrogens (tertiary/aromatic N) is 5. The number of nitrogens with two attached hydrogens (primary N) is 1. The molecule has 0 bridgehead atoms. The lowest BCUT2D eigenvalue weighted by molar-refractivity contribution is 0.457. The predicted molar refractivity (Wildman–Crippen MR) is 112 cm³/mol. The molecule has 1 aliphatic rings. The summed E-state index contributed by atoms with van der Waals surface area (Å²) in [6, 6.07) is 6.36. The van der Waals surface area contributed by atoms with Gasteiger partial charge in [0, 0.05) is 31.4 Å². The Kier molecular flexibility index (Phi) is 4.69. The van der Waals surface area contributed by atoms with Gasteiger partial charge in [-0.15, -0.1) is 0 Å². The molecule has 1 atom stereocenters. The Morgan fingerprint density at radius 3 is 2.77 bits per heavy atom. The number of aryl methyl sites for hydroxylation is 1. The van der Waals surface area contributed by atoms with Crippen molar-refractivity contribution < 1.29 is 12.8 Å². The van der Waals surface area contributed by atoms with Gasteiger partial charge in [0.25, 0.3) is 0 Å². The Bertz CT molecular complexity index is 1290. The number of guanidine groups is 1. The van der Waals surface area contributed by atoms with E-state index in [0.717, 1.165) is 21.1 Å². The van der Waals surface area contributed by atoms with E-state index < -0.39 is 21.4 Å². The third-order valence-electron chi connectivity index (χ3n) is 5.20. The number of hydrogen-bond donors (Lipinski definition) is 1. The van der Waals surface area contributed by atoms with Crippen LogP contribution in [0.1, 0.15) is 29.4 Å². The zero-order chi connectivity index (χ0) is 21.7. The van der Waals surface area contributed by atoms with Crippen molar-refractivity contribution >= 4 is 27.0 Å². The molecule has 0 fully saturated rings. The number of hydrogen-bond acceptors (Lipinski definition) is 7. The number of aliphatic imine (C=N–C) groups is 1. The molecule has 4 rings (SSSR count). The van der Waals surface area contributed by atoms with Crippen LogP contribution in [0.15, 0.2) is 41.7 Å². The average molecular weight is 428 g/mol. The van der Waals surface area contributed by atoms with Gasteiger partial charge in [0.2, 0.25) is 16.0 Å². The zero-order valence-corrected chi connectivity index (χ0v) is 17.6. The quantitative estimate of drug-likeness (QED) is 0.681. The van der Waals surface area contributed by atoms with Crippen molar-refractivity contribution in [2.75, 3.05) is 12.8 Å². The predicted octanol–water partition coefficient (Wildman–Crippen LogP) is 1.87. The van der Waals surface area contributed by atoms with E-state index in [4.69, 9.17) is 5.73 Å². The largest absolute Gasteiger partial charge is 0.369 e. The van der Waals surface area contributed by atoms with Gasteiger partial charge in [-0.3, -0.25) is 9.97 Å². The van der Waals surface area contributed by atoms with E-state index >= 15 is 0 Å². The summed E-state index contributed by atoms with van der Waals surface area (Å²) in [7, 11) is -2.38. The van der Waals surface area contributed by atoms with E-state index in [1.165, 1.54) is 13.1 Å². The third kappa shape index (κ3) is 3.47. The van der Waals surface area contributed by atoms with E-state index in [0.29, 0.717) is 17.6 Å². The van der Waals surface area contributed by atoms with Crippen LogP contribution in [0.25, 0.3) is 11.0 Å². The molecule has 3 heterocycles. The summed E-state index contributed by atoms with van der Waals surface area (Å²) in [6.45, 7) is 3.43. The highest BCUT2D eigenvalue weighted by Gasteiger charge is 2.41. The summed E-state index contributed by atoms with van der Waals surface area (Å²) in [5, 5.41) is 0. The first-order chi connectivity index (χ1) is 14.1. The molecule has 2 aromatic heterocycles. The molecule has 0 spiro atoms. The molecule has 0 saturated carbocycles. The third-order valence-corrected chi connectivity index (χ3v) is 7.15. The molecule has 0 amide bonds. The Balaban J connectivity index is 1.77. The van der Waals surface area contributed by atoms with Crippen LogP contribution >= 0.6 is 0 Å². The zero-order valence-electron chi connectivity index (χ0n) is 16.8. The Labute approximate surface area is 173 Å². The van der Waals surface area contributed by atoms with Crippen molar-refractivity contribution in [1.29, 1.82) is 0 Å². The molecule has 0 aliphatic carbocycles. The highest BCUT2D eigenvalue weighted by Crippen LogP contribution is 2.34. The summed E-state index contributed by atoms with van der Waals surface area (Å²) in [5.74, 6) is -1.09. The van der Waals surface area contributed by atoms with Gasteiger partial charge in [-0.25, -0.2) is 27.1 Å². The molecule has 30 heavy (non-hydrogen) atoms. The maximum Gasteiger partial charge on any atom is 0.239 e. The van der Waals surface area contributed by atoms with Crippen LogP contribution in [0.3, 0.4) is 0 Å². The van der Waals surface area contributed by atoms with Gasteiger partial charge in [-0.05, 0) is 31.5 Å². The number of halogens is 1. The molecule has 0 radical (unpaired) electrons. The first-order valence-corrected chi connectivity index (χ1v) is 10.9. The number of aromatic nitrogens is 3. The number of fused-ring (bicyclic) bond motifs is 1. The highest BCUT2D eigenvalue weighted by atomic mass is 32.2. The van der Waals surface area contributed by atoms with E-state index in [1.54, 1.807) is 37.5 Å². The molecular formula is C20H21FN6O2S. The molecule has 10 heteroatoms. The van der Waals surface area contributed by atoms with Crippen molar-refractivity contribution in [3.8, 4) is 0 Å². The lowest BCUT2D eigenvalue weighted by Gasteiger charge is -2.34. The molecule has 1 aromatic carbocycles. The van der Waals surface area contributed by atoms with Crippen molar-refractivity contribution in [2.45, 2.75) is 25.8 Å². The topological polar surface area (TPSA) is 114 Å². The summed E-state index contributed by atoms with van der Waals surface area (Å²) < 4.78 is 40.6. The normalized spacial score (nSPS) is 20.9. The van der Waals surface area contributed by atoms with Crippen molar-refractivity contribution in [3.63, 3.8) is 0 Å². The summed E-state index contributed by atoms with van der Waals surface area (Å²) >= 11 is 0. The number of rotatable bonds is 3. The molecule has 2 N–H and O–H groups in total. The first-order valence-electron chi connectivity index (χ1n) is 9.27. The number of sulfonamides is 1. The summed E-state index contributed by atoms with van der Waals surface area (Å²) in [5.41, 5.74) is 8.28. The van der Waals surface area contributed by atoms with Crippen LogP contribution in [0, 0.1) is 12.7 Å². The molecular weight excluding hydrogens is 407 g/mol. The minimum atomic E-state index is -3.71. The average Bonchev–Trinajstić information content (AvgIpc) is 2.67. The van der Waals surface area contributed by atoms with Gasteiger partial charge in [-0.1, -0.05) is 12.1 Å². The minimum Gasteiger partial charge on any atom is -0.369 e. The Morgan fingerprint density at radius 2 is 2.03 bits per heavy atom. The van der Waals surface area contributed by atoms with E-state index in [1.807, 2.05) is 6.92 Å². The molecule has 3 aromatic rings. The van der Waals surface area contributed by atoms with Crippen molar-refractivity contribution in [3.05, 3.63) is 65.0 Å². The second-order valence-corrected chi connectivity index (χ2v) is 9.60. The van der Waals surface area contributed by atoms with Gasteiger partial charge in [0.05, 0.1) is 22.7 Å². The van der Waals surface area contributed by atoms with Crippen LogP contribution in [0.2, 0.25) is 0 Å². The lowest BCUT2D eigenvalue weighted by atomic mass is 9.91. The van der Waals surface area contributed by atoms with Crippen LogP contribution in [-0.2, 0) is 22.0 Å². The molecule has 156 valence electrons. The fourth-order valence-electron chi connectivity index (χ4n) is 3.60. The maximum atomic E-state index is 14.8. The van der Waals surface area contributed by atoms with Gasteiger partial charge in [0.15, 0.2) is 0 Å². The van der Waals surface area contributed by atoms with E-state index in [9.17, 15) is 12.8 Å². The molecule has 0 unspecified atom stereocenters. The summed E-state index contributed by atoms with van der Waals surface area (Å²) in [6.07, 6.45) is 3.71. The fraction of sp³-hybridized carbons (Fsp3) is 0.300. The van der Waals surface area contributed by atoms with Crippen molar-refractivity contribution in [1.82, 2.24) is 19.3 Å².